The van der Waals surface area contributed by atoms with Crippen LogP contribution in [0.25, 0.3) is 0 Å². The Kier molecular flexibility index (Phi) is 5.12. The van der Waals surface area contributed by atoms with Crippen molar-refractivity contribution in [3.63, 3.8) is 0 Å². The second-order valence-electron chi connectivity index (χ2n) is 4.23. The highest BCUT2D eigenvalue weighted by Gasteiger charge is 2.10. The number of esters is 1. The van der Waals surface area contributed by atoms with Crippen LogP contribution >= 0.6 is 0 Å². The van der Waals surface area contributed by atoms with Gasteiger partial charge in [-0.15, -0.1) is 0 Å². The van der Waals surface area contributed by atoms with E-state index >= 15 is 0 Å². The largest absolute Gasteiger partial charge is 0.466 e. The van der Waals surface area contributed by atoms with Crippen LogP contribution in [0.3, 0.4) is 0 Å². The summed E-state index contributed by atoms with van der Waals surface area (Å²) < 4.78 is 9.66. The zero-order chi connectivity index (χ0) is 13.5. The van der Waals surface area contributed by atoms with Crippen molar-refractivity contribution in [3.05, 3.63) is 23.4 Å². The standard InChI is InChI=1S/C13H16N2O3/c1-9(2)6-11-5-4-10(7-14)13(15-11)18-8-12(16)17-3/h4-5,9H,6,8H2,1-3H3. The fourth-order valence-corrected chi connectivity index (χ4v) is 1.39. The molecule has 0 aliphatic carbocycles. The number of aromatic nitrogens is 1. The van der Waals surface area contributed by atoms with Gasteiger partial charge in [-0.2, -0.15) is 5.26 Å². The van der Waals surface area contributed by atoms with Gasteiger partial charge in [-0.3, -0.25) is 0 Å². The van der Waals surface area contributed by atoms with Crippen LogP contribution < -0.4 is 4.74 Å². The molecule has 0 bridgehead atoms. The molecule has 0 unspecified atom stereocenters. The van der Waals surface area contributed by atoms with Gasteiger partial charge in [0.2, 0.25) is 5.88 Å². The van der Waals surface area contributed by atoms with Crippen LogP contribution in [0, 0.1) is 17.2 Å². The smallest absolute Gasteiger partial charge is 0.343 e. The van der Waals surface area contributed by atoms with E-state index in [1.165, 1.54) is 7.11 Å². The van der Waals surface area contributed by atoms with Crippen molar-refractivity contribution in [2.75, 3.05) is 13.7 Å². The average Bonchev–Trinajstić information content (AvgIpc) is 2.35. The van der Waals surface area contributed by atoms with Crippen LogP contribution in [0.4, 0.5) is 0 Å². The maximum Gasteiger partial charge on any atom is 0.343 e. The minimum Gasteiger partial charge on any atom is -0.466 e. The van der Waals surface area contributed by atoms with Gasteiger partial charge >= 0.3 is 5.97 Å². The van der Waals surface area contributed by atoms with Crippen molar-refractivity contribution in [2.24, 2.45) is 5.92 Å². The number of hydrogen-bond acceptors (Lipinski definition) is 5. The molecule has 96 valence electrons. The normalized spacial score (nSPS) is 9.94. The third kappa shape index (κ3) is 4.06. The molecule has 0 aromatic carbocycles. The van der Waals surface area contributed by atoms with Crippen molar-refractivity contribution in [1.29, 1.82) is 5.26 Å². The molecule has 5 nitrogen and oxygen atoms in total. The first-order valence-corrected chi connectivity index (χ1v) is 5.66. The van der Waals surface area contributed by atoms with E-state index < -0.39 is 5.97 Å². The van der Waals surface area contributed by atoms with E-state index in [0.717, 1.165) is 12.1 Å². The second kappa shape index (κ2) is 6.60. The van der Waals surface area contributed by atoms with Gasteiger partial charge in [0.25, 0.3) is 0 Å². The molecule has 1 aromatic heterocycles. The zero-order valence-corrected chi connectivity index (χ0v) is 10.8. The van der Waals surface area contributed by atoms with Crippen LogP contribution in [0.2, 0.25) is 0 Å². The van der Waals surface area contributed by atoms with Crippen LogP contribution in [-0.4, -0.2) is 24.7 Å². The lowest BCUT2D eigenvalue weighted by Gasteiger charge is -2.09. The fourth-order valence-electron chi connectivity index (χ4n) is 1.39. The Morgan fingerprint density at radius 3 is 2.78 bits per heavy atom. The highest BCUT2D eigenvalue weighted by atomic mass is 16.6. The molecule has 1 aromatic rings. The van der Waals surface area contributed by atoms with E-state index in [2.05, 4.69) is 23.6 Å². The molecule has 5 heteroatoms. The fraction of sp³-hybridized carbons (Fsp3) is 0.462. The van der Waals surface area contributed by atoms with Crippen LogP contribution in [-0.2, 0) is 16.0 Å². The quantitative estimate of drug-likeness (QED) is 0.741. The van der Waals surface area contributed by atoms with E-state index in [1.54, 1.807) is 12.1 Å². The van der Waals surface area contributed by atoms with E-state index in [0.29, 0.717) is 11.5 Å². The van der Waals surface area contributed by atoms with Crippen LogP contribution in [0.5, 0.6) is 5.88 Å². The Bertz CT molecular complexity index is 464. The molecule has 0 saturated heterocycles. The monoisotopic (exact) mass is 248 g/mol. The SMILES string of the molecule is COC(=O)COc1nc(CC(C)C)ccc1C#N. The van der Waals surface area contributed by atoms with E-state index in [9.17, 15) is 4.79 Å². The number of nitrogens with zero attached hydrogens (tertiary/aromatic N) is 2. The van der Waals surface area contributed by atoms with Gasteiger partial charge in [-0.25, -0.2) is 9.78 Å². The maximum atomic E-state index is 11.0. The Labute approximate surface area is 106 Å². The number of hydrogen-bond donors (Lipinski definition) is 0. The highest BCUT2D eigenvalue weighted by Crippen LogP contribution is 2.17. The molecule has 0 aliphatic rings. The number of carbonyl (C=O) groups is 1. The van der Waals surface area contributed by atoms with Crippen LogP contribution in [0.1, 0.15) is 25.1 Å². The Morgan fingerprint density at radius 1 is 1.50 bits per heavy atom. The first-order chi connectivity index (χ1) is 8.56. The van der Waals surface area contributed by atoms with E-state index in [-0.39, 0.29) is 12.5 Å². The van der Waals surface area contributed by atoms with Gasteiger partial charge in [0.1, 0.15) is 11.6 Å². The van der Waals surface area contributed by atoms with Crippen molar-refractivity contribution in [2.45, 2.75) is 20.3 Å². The summed E-state index contributed by atoms with van der Waals surface area (Å²) in [6.45, 7) is 3.91. The predicted octanol–water partition coefficient (Wildman–Crippen LogP) is 1.70. The minimum atomic E-state index is -0.505. The lowest BCUT2D eigenvalue weighted by Crippen LogP contribution is -2.14. The van der Waals surface area contributed by atoms with Gasteiger partial charge in [0.05, 0.1) is 7.11 Å². The van der Waals surface area contributed by atoms with E-state index in [4.69, 9.17) is 10.00 Å². The number of ether oxygens (including phenoxy) is 2. The minimum absolute atomic E-state index is 0.182. The summed E-state index contributed by atoms with van der Waals surface area (Å²) in [5.74, 6) is 0.134. The molecule has 0 fully saturated rings. The molecule has 1 heterocycles. The summed E-state index contributed by atoms with van der Waals surface area (Å²) in [4.78, 5) is 15.2. The lowest BCUT2D eigenvalue weighted by atomic mass is 10.1. The Hall–Kier alpha value is -2.09. The summed E-state index contributed by atoms with van der Waals surface area (Å²) in [6, 6.07) is 5.42. The molecule has 0 radical (unpaired) electrons. The molecule has 18 heavy (non-hydrogen) atoms. The van der Waals surface area contributed by atoms with Gasteiger partial charge in [-0.1, -0.05) is 13.8 Å². The third-order valence-corrected chi connectivity index (χ3v) is 2.21. The summed E-state index contributed by atoms with van der Waals surface area (Å²) in [6.07, 6.45) is 0.792. The maximum absolute atomic E-state index is 11.0. The first kappa shape index (κ1) is 14.0. The highest BCUT2D eigenvalue weighted by molar-refractivity contribution is 5.70. The molecule has 0 aliphatic heterocycles. The number of methoxy groups -OCH3 is 1. The summed E-state index contributed by atoms with van der Waals surface area (Å²) in [5.41, 5.74) is 1.15. The molecule has 0 atom stereocenters. The van der Waals surface area contributed by atoms with Crippen molar-refractivity contribution in [1.82, 2.24) is 4.98 Å². The van der Waals surface area contributed by atoms with Crippen molar-refractivity contribution >= 4 is 5.97 Å². The molecule has 0 amide bonds. The summed E-state index contributed by atoms with van der Waals surface area (Å²) in [7, 11) is 1.28. The van der Waals surface area contributed by atoms with Crippen molar-refractivity contribution < 1.29 is 14.3 Å². The predicted molar refractivity (Wildman–Crippen MR) is 65.0 cm³/mol. The molecule has 1 rings (SSSR count). The van der Waals surface area contributed by atoms with Gasteiger partial charge in [0.15, 0.2) is 6.61 Å². The van der Waals surface area contributed by atoms with Crippen LogP contribution in [0.15, 0.2) is 12.1 Å². The zero-order valence-electron chi connectivity index (χ0n) is 10.8. The first-order valence-electron chi connectivity index (χ1n) is 5.66. The number of pyridine rings is 1. The molecule has 0 saturated carbocycles. The van der Waals surface area contributed by atoms with Gasteiger partial charge < -0.3 is 9.47 Å². The Balaban J connectivity index is 2.85. The number of rotatable bonds is 5. The average molecular weight is 248 g/mol. The molecule has 0 N–H and O–H groups in total. The lowest BCUT2D eigenvalue weighted by molar-refractivity contribution is -0.143. The molecule has 0 spiro atoms. The van der Waals surface area contributed by atoms with Gasteiger partial charge in [0, 0.05) is 5.69 Å². The number of carbonyl (C=O) groups excluding carboxylic acids is 1. The van der Waals surface area contributed by atoms with Crippen molar-refractivity contribution in [3.8, 4) is 11.9 Å². The second-order valence-corrected chi connectivity index (χ2v) is 4.23. The molecular weight excluding hydrogens is 232 g/mol. The topological polar surface area (TPSA) is 72.2 Å². The summed E-state index contributed by atoms with van der Waals surface area (Å²) >= 11 is 0. The third-order valence-electron chi connectivity index (χ3n) is 2.21. The molecular formula is C13H16N2O3. The number of nitriles is 1. The summed E-state index contributed by atoms with van der Waals surface area (Å²) in [5, 5.41) is 8.93. The van der Waals surface area contributed by atoms with E-state index in [1.807, 2.05) is 6.07 Å². The Morgan fingerprint density at radius 2 is 2.22 bits per heavy atom. The van der Waals surface area contributed by atoms with Gasteiger partial charge in [-0.05, 0) is 24.5 Å².